The number of nitrogens with zero attached hydrogens (tertiary/aromatic N) is 1. The molecule has 7 nitrogen and oxygen atoms in total. The summed E-state index contributed by atoms with van der Waals surface area (Å²) in [6, 6.07) is 10.6. The Morgan fingerprint density at radius 3 is 2.44 bits per heavy atom. The standard InChI is InChI=1S/C23H21ClN2O5S/c1-12-9-13-10-17(12)21-20(13)22(27)26(23(21)28)15-5-8-18(24)19(11-15)32(29,30)25-14-3-6-16(31-2)7-4-14/h3-9,11,13,17,20-21,25H,10H2,1-2H3/t13-,17+,20-,21-/m0/s1. The van der Waals surface area contributed by atoms with Crippen LogP contribution in [0.25, 0.3) is 0 Å². The molecular weight excluding hydrogens is 452 g/mol. The van der Waals surface area contributed by atoms with Crippen molar-refractivity contribution in [3.63, 3.8) is 0 Å². The largest absolute Gasteiger partial charge is 0.497 e. The number of anilines is 2. The molecule has 2 bridgehead atoms. The van der Waals surface area contributed by atoms with E-state index in [2.05, 4.69) is 10.8 Å². The van der Waals surface area contributed by atoms with Gasteiger partial charge in [0.1, 0.15) is 10.6 Å². The summed E-state index contributed by atoms with van der Waals surface area (Å²) in [4.78, 5) is 27.3. The van der Waals surface area contributed by atoms with E-state index in [1.807, 2.05) is 6.92 Å². The molecule has 1 heterocycles. The van der Waals surface area contributed by atoms with E-state index < -0.39 is 10.0 Å². The van der Waals surface area contributed by atoms with Gasteiger partial charge in [0.2, 0.25) is 11.8 Å². The number of amides is 2. The maximum Gasteiger partial charge on any atom is 0.263 e. The van der Waals surface area contributed by atoms with Gasteiger partial charge in [-0.2, -0.15) is 0 Å². The van der Waals surface area contributed by atoms with E-state index >= 15 is 0 Å². The van der Waals surface area contributed by atoms with Gasteiger partial charge in [-0.25, -0.2) is 13.3 Å². The fourth-order valence-electron chi connectivity index (χ4n) is 5.24. The monoisotopic (exact) mass is 472 g/mol. The zero-order valence-corrected chi connectivity index (χ0v) is 19.0. The number of ether oxygens (including phenoxy) is 1. The minimum absolute atomic E-state index is 0.00775. The van der Waals surface area contributed by atoms with Gasteiger partial charge < -0.3 is 4.74 Å². The lowest BCUT2D eigenvalue weighted by Crippen LogP contribution is -2.33. The molecule has 5 rings (SSSR count). The van der Waals surface area contributed by atoms with Gasteiger partial charge in [-0.05, 0) is 67.6 Å². The Bertz CT molecular complexity index is 1270. The SMILES string of the molecule is COc1ccc(NS(=O)(=O)c2cc(N3C(=O)[C@@H]4[C@@H](C3=O)[C@H]3C=C(C)[C@H]4C3)ccc2Cl)cc1. The van der Waals surface area contributed by atoms with Crippen molar-refractivity contribution in [2.75, 3.05) is 16.7 Å². The average Bonchev–Trinajstić information content (AvgIpc) is 3.39. The van der Waals surface area contributed by atoms with Crippen LogP contribution in [0, 0.1) is 23.7 Å². The highest BCUT2D eigenvalue weighted by atomic mass is 35.5. The van der Waals surface area contributed by atoms with Crippen LogP contribution in [0.4, 0.5) is 11.4 Å². The number of hydrogen-bond acceptors (Lipinski definition) is 5. The van der Waals surface area contributed by atoms with E-state index in [-0.39, 0.29) is 51.1 Å². The molecule has 166 valence electrons. The van der Waals surface area contributed by atoms with E-state index in [0.29, 0.717) is 11.4 Å². The van der Waals surface area contributed by atoms with Gasteiger partial charge in [-0.1, -0.05) is 23.3 Å². The number of carbonyl (C=O) groups excluding carboxylic acids is 2. The molecule has 3 aliphatic rings. The molecule has 2 aromatic carbocycles. The summed E-state index contributed by atoms with van der Waals surface area (Å²) in [5, 5.41) is -0.00775. The lowest BCUT2D eigenvalue weighted by Gasteiger charge is -2.19. The molecule has 2 aliphatic carbocycles. The maximum atomic E-state index is 13.2. The Morgan fingerprint density at radius 1 is 1.06 bits per heavy atom. The molecule has 0 spiro atoms. The molecule has 1 saturated carbocycles. The molecule has 32 heavy (non-hydrogen) atoms. The van der Waals surface area contributed by atoms with Crippen molar-refractivity contribution < 1.29 is 22.7 Å². The minimum atomic E-state index is -4.07. The van der Waals surface area contributed by atoms with Gasteiger partial charge in [0.05, 0.1) is 29.7 Å². The number of benzene rings is 2. The quantitative estimate of drug-likeness (QED) is 0.527. The summed E-state index contributed by atoms with van der Waals surface area (Å²) in [6.07, 6.45) is 2.93. The van der Waals surface area contributed by atoms with Crippen LogP contribution in [0.15, 0.2) is 59.0 Å². The smallest absolute Gasteiger partial charge is 0.263 e. The molecule has 1 aliphatic heterocycles. The third-order valence-corrected chi connectivity index (χ3v) is 8.55. The number of sulfonamides is 1. The number of fused-ring (bicyclic) bond motifs is 5. The lowest BCUT2D eigenvalue weighted by molar-refractivity contribution is -0.123. The summed E-state index contributed by atoms with van der Waals surface area (Å²) in [5.41, 5.74) is 1.70. The van der Waals surface area contributed by atoms with Gasteiger partial charge in [0.25, 0.3) is 10.0 Å². The summed E-state index contributed by atoms with van der Waals surface area (Å²) < 4.78 is 33.6. The highest BCUT2D eigenvalue weighted by Gasteiger charge is 2.61. The third kappa shape index (κ3) is 3.12. The van der Waals surface area contributed by atoms with Crippen molar-refractivity contribution >= 4 is 44.8 Å². The number of allylic oxidation sites excluding steroid dienone is 2. The second-order valence-corrected chi connectivity index (χ2v) is 10.5. The van der Waals surface area contributed by atoms with Crippen LogP contribution in [0.2, 0.25) is 5.02 Å². The highest BCUT2D eigenvalue weighted by Crippen LogP contribution is 2.56. The van der Waals surface area contributed by atoms with Crippen LogP contribution in [-0.2, 0) is 19.6 Å². The van der Waals surface area contributed by atoms with Crippen molar-refractivity contribution in [1.82, 2.24) is 0 Å². The first-order valence-electron chi connectivity index (χ1n) is 10.2. The summed E-state index contributed by atoms with van der Waals surface area (Å²) in [5.74, 6) is -0.547. The van der Waals surface area contributed by atoms with Crippen molar-refractivity contribution in [3.05, 3.63) is 59.1 Å². The van der Waals surface area contributed by atoms with Crippen molar-refractivity contribution in [2.24, 2.45) is 23.7 Å². The second-order valence-electron chi connectivity index (χ2n) is 8.43. The van der Waals surface area contributed by atoms with Gasteiger partial charge >= 0.3 is 0 Å². The highest BCUT2D eigenvalue weighted by molar-refractivity contribution is 7.92. The fraction of sp³-hybridized carbons (Fsp3) is 0.304. The van der Waals surface area contributed by atoms with Crippen LogP contribution in [0.3, 0.4) is 0 Å². The zero-order valence-electron chi connectivity index (χ0n) is 17.4. The van der Waals surface area contributed by atoms with E-state index in [1.165, 1.54) is 25.3 Å². The Labute approximate surface area is 191 Å². The minimum Gasteiger partial charge on any atom is -0.497 e. The van der Waals surface area contributed by atoms with Crippen LogP contribution < -0.4 is 14.4 Å². The summed E-state index contributed by atoms with van der Waals surface area (Å²) in [7, 11) is -2.55. The van der Waals surface area contributed by atoms with Crippen LogP contribution >= 0.6 is 11.6 Å². The number of methoxy groups -OCH3 is 1. The number of carbonyl (C=O) groups is 2. The Morgan fingerprint density at radius 2 is 1.75 bits per heavy atom. The predicted octanol–water partition coefficient (Wildman–Crippen LogP) is 3.85. The number of nitrogens with one attached hydrogen (secondary N) is 1. The topological polar surface area (TPSA) is 92.8 Å². The van der Waals surface area contributed by atoms with E-state index in [0.717, 1.165) is 16.9 Å². The third-order valence-electron chi connectivity index (χ3n) is 6.69. The second kappa shape index (κ2) is 7.35. The van der Waals surface area contributed by atoms with Crippen molar-refractivity contribution in [2.45, 2.75) is 18.2 Å². The van der Waals surface area contributed by atoms with E-state index in [9.17, 15) is 18.0 Å². The molecule has 0 unspecified atom stereocenters. The van der Waals surface area contributed by atoms with Gasteiger partial charge in [0, 0.05) is 5.69 Å². The molecular formula is C23H21ClN2O5S. The molecule has 2 aromatic rings. The van der Waals surface area contributed by atoms with Crippen LogP contribution in [-0.4, -0.2) is 27.3 Å². The normalized spacial score (nSPS) is 26.3. The number of imide groups is 1. The van der Waals surface area contributed by atoms with Crippen LogP contribution in [0.1, 0.15) is 13.3 Å². The Hall–Kier alpha value is -2.84. The van der Waals surface area contributed by atoms with Crippen molar-refractivity contribution in [1.29, 1.82) is 0 Å². The Kier molecular flexibility index (Phi) is 4.83. The van der Waals surface area contributed by atoms with Gasteiger partial charge in [-0.15, -0.1) is 0 Å². The molecule has 4 atom stereocenters. The number of rotatable bonds is 5. The Balaban J connectivity index is 1.47. The van der Waals surface area contributed by atoms with E-state index in [4.69, 9.17) is 16.3 Å². The lowest BCUT2D eigenvalue weighted by atomic mass is 9.82. The molecule has 0 radical (unpaired) electrons. The fourth-order valence-corrected chi connectivity index (χ4v) is 6.81. The van der Waals surface area contributed by atoms with Gasteiger partial charge in [-0.3, -0.25) is 14.3 Å². The van der Waals surface area contributed by atoms with E-state index in [1.54, 1.807) is 24.3 Å². The molecule has 0 aromatic heterocycles. The first kappa shape index (κ1) is 21.0. The molecule has 2 fully saturated rings. The maximum absolute atomic E-state index is 13.2. The molecule has 9 heteroatoms. The first-order valence-corrected chi connectivity index (χ1v) is 12.1. The summed E-state index contributed by atoms with van der Waals surface area (Å²) >= 11 is 6.21. The molecule has 2 amide bonds. The number of hydrogen-bond donors (Lipinski definition) is 1. The predicted molar refractivity (Wildman–Crippen MR) is 120 cm³/mol. The van der Waals surface area contributed by atoms with Crippen molar-refractivity contribution in [3.8, 4) is 5.75 Å². The summed E-state index contributed by atoms with van der Waals surface area (Å²) in [6.45, 7) is 2.00. The average molecular weight is 473 g/mol. The molecule has 1 N–H and O–H groups in total. The zero-order chi connectivity index (χ0) is 22.8. The van der Waals surface area contributed by atoms with Crippen LogP contribution in [0.5, 0.6) is 5.75 Å². The molecule has 1 saturated heterocycles. The number of halogens is 1. The first-order chi connectivity index (χ1) is 15.2. The van der Waals surface area contributed by atoms with Gasteiger partial charge in [0.15, 0.2) is 0 Å².